The highest BCUT2D eigenvalue weighted by Crippen LogP contribution is 2.35. The van der Waals surface area contributed by atoms with Gasteiger partial charge in [-0.1, -0.05) is 29.8 Å². The summed E-state index contributed by atoms with van der Waals surface area (Å²) in [5.74, 6) is -0.999. The molecule has 0 aromatic heterocycles. The van der Waals surface area contributed by atoms with Gasteiger partial charge in [-0.3, -0.25) is 9.59 Å². The van der Waals surface area contributed by atoms with Crippen molar-refractivity contribution in [3.63, 3.8) is 0 Å². The van der Waals surface area contributed by atoms with E-state index >= 15 is 0 Å². The second-order valence-electron chi connectivity index (χ2n) is 7.68. The number of nitrogens with zero attached hydrogens (tertiary/aromatic N) is 1. The maximum atomic E-state index is 13.7. The summed E-state index contributed by atoms with van der Waals surface area (Å²) in [6.07, 6.45) is 0. The molecule has 0 radical (unpaired) electrons. The van der Waals surface area contributed by atoms with Crippen LogP contribution in [0.25, 0.3) is 5.57 Å². The van der Waals surface area contributed by atoms with Crippen molar-refractivity contribution >= 4 is 40.4 Å². The standard InChI is InChI=1S/C26H22ClFN2O3/c1-4-33-20-10-7-18(8-11-20)29-24-23(17-6-5-15(2)16(3)13-17)25(31)30(26(24)32)19-9-12-22(28)21(27)14-19/h5-14,29H,4H2,1-3H3. The normalized spacial score (nSPS) is 13.7. The molecule has 3 aromatic carbocycles. The summed E-state index contributed by atoms with van der Waals surface area (Å²) in [6.45, 7) is 6.35. The molecule has 0 unspecified atom stereocenters. The van der Waals surface area contributed by atoms with Gasteiger partial charge >= 0.3 is 0 Å². The molecule has 0 saturated heterocycles. The summed E-state index contributed by atoms with van der Waals surface area (Å²) >= 11 is 5.92. The number of aryl methyl sites for hydroxylation is 2. The van der Waals surface area contributed by atoms with Crippen molar-refractivity contribution < 1.29 is 18.7 Å². The quantitative estimate of drug-likeness (QED) is 0.462. The first kappa shape index (κ1) is 22.6. The molecule has 4 rings (SSSR count). The zero-order valence-electron chi connectivity index (χ0n) is 18.4. The predicted molar refractivity (Wildman–Crippen MR) is 128 cm³/mol. The molecule has 5 nitrogen and oxygen atoms in total. The summed E-state index contributed by atoms with van der Waals surface area (Å²) in [5, 5.41) is 2.93. The number of carbonyl (C=O) groups is 2. The number of amides is 2. The number of imide groups is 1. The maximum Gasteiger partial charge on any atom is 0.282 e. The van der Waals surface area contributed by atoms with E-state index in [1.807, 2.05) is 39.0 Å². The van der Waals surface area contributed by atoms with E-state index in [0.29, 0.717) is 23.6 Å². The van der Waals surface area contributed by atoms with Crippen LogP contribution < -0.4 is 15.0 Å². The van der Waals surface area contributed by atoms with E-state index in [2.05, 4.69) is 5.32 Å². The van der Waals surface area contributed by atoms with Crippen LogP contribution in [0.5, 0.6) is 5.75 Å². The number of anilines is 2. The smallest absolute Gasteiger partial charge is 0.282 e. The first-order valence-corrected chi connectivity index (χ1v) is 10.8. The van der Waals surface area contributed by atoms with E-state index in [1.54, 1.807) is 24.3 Å². The fourth-order valence-electron chi connectivity index (χ4n) is 3.61. The average Bonchev–Trinajstić information content (AvgIpc) is 3.03. The fraction of sp³-hybridized carbons (Fsp3) is 0.154. The molecule has 33 heavy (non-hydrogen) atoms. The topological polar surface area (TPSA) is 58.6 Å². The van der Waals surface area contributed by atoms with Gasteiger partial charge < -0.3 is 10.1 Å². The van der Waals surface area contributed by atoms with Gasteiger partial charge in [0.05, 0.1) is 22.9 Å². The Morgan fingerprint density at radius 2 is 1.67 bits per heavy atom. The molecule has 0 atom stereocenters. The Kier molecular flexibility index (Phi) is 6.20. The van der Waals surface area contributed by atoms with Gasteiger partial charge in [-0.05, 0) is 79.9 Å². The van der Waals surface area contributed by atoms with Gasteiger partial charge in [-0.25, -0.2) is 9.29 Å². The lowest BCUT2D eigenvalue weighted by Crippen LogP contribution is -2.32. The van der Waals surface area contributed by atoms with Gasteiger partial charge in [0.1, 0.15) is 17.3 Å². The van der Waals surface area contributed by atoms with Gasteiger partial charge in [-0.2, -0.15) is 0 Å². The lowest BCUT2D eigenvalue weighted by Gasteiger charge is -2.16. The molecule has 168 valence electrons. The number of hydrogen-bond donors (Lipinski definition) is 1. The van der Waals surface area contributed by atoms with Crippen LogP contribution in [0.15, 0.2) is 66.4 Å². The van der Waals surface area contributed by atoms with Crippen molar-refractivity contribution in [2.75, 3.05) is 16.8 Å². The third-order valence-corrected chi connectivity index (χ3v) is 5.77. The minimum Gasteiger partial charge on any atom is -0.494 e. The molecule has 0 saturated carbocycles. The van der Waals surface area contributed by atoms with Crippen LogP contribution in [0, 0.1) is 19.7 Å². The molecule has 1 heterocycles. The zero-order chi connectivity index (χ0) is 23.7. The number of halogens is 2. The number of rotatable bonds is 6. The van der Waals surface area contributed by atoms with Crippen molar-refractivity contribution in [1.82, 2.24) is 0 Å². The molecule has 1 N–H and O–H groups in total. The Morgan fingerprint density at radius 1 is 0.939 bits per heavy atom. The average molecular weight is 465 g/mol. The van der Waals surface area contributed by atoms with Gasteiger partial charge in [0, 0.05) is 5.69 Å². The van der Waals surface area contributed by atoms with Crippen LogP contribution >= 0.6 is 11.6 Å². The first-order chi connectivity index (χ1) is 15.8. The van der Waals surface area contributed by atoms with Crippen LogP contribution in [-0.4, -0.2) is 18.4 Å². The van der Waals surface area contributed by atoms with E-state index in [1.165, 1.54) is 12.1 Å². The molecular weight excluding hydrogens is 443 g/mol. The molecule has 1 aliphatic rings. The van der Waals surface area contributed by atoms with Crippen molar-refractivity contribution in [2.24, 2.45) is 0 Å². The second kappa shape index (κ2) is 9.08. The molecular formula is C26H22ClFN2O3. The summed E-state index contributed by atoms with van der Waals surface area (Å²) in [4.78, 5) is 28.0. The second-order valence-corrected chi connectivity index (χ2v) is 8.08. The number of carbonyl (C=O) groups excluding carboxylic acids is 2. The molecule has 7 heteroatoms. The van der Waals surface area contributed by atoms with Crippen LogP contribution in [0.1, 0.15) is 23.6 Å². The van der Waals surface area contributed by atoms with Crippen molar-refractivity contribution in [3.05, 3.63) is 93.9 Å². The van der Waals surface area contributed by atoms with Crippen LogP contribution in [-0.2, 0) is 9.59 Å². The van der Waals surface area contributed by atoms with Gasteiger partial charge in [-0.15, -0.1) is 0 Å². The Morgan fingerprint density at radius 3 is 2.30 bits per heavy atom. The molecule has 0 aliphatic carbocycles. The van der Waals surface area contributed by atoms with Crippen molar-refractivity contribution in [1.29, 1.82) is 0 Å². The van der Waals surface area contributed by atoms with E-state index in [9.17, 15) is 14.0 Å². The van der Waals surface area contributed by atoms with Crippen LogP contribution in [0.4, 0.5) is 15.8 Å². The summed E-state index contributed by atoms with van der Waals surface area (Å²) in [6, 6.07) is 16.4. The molecule has 0 fully saturated rings. The Labute approximate surface area is 196 Å². The third kappa shape index (κ3) is 4.34. The minimum absolute atomic E-state index is 0.132. The zero-order valence-corrected chi connectivity index (χ0v) is 19.2. The highest BCUT2D eigenvalue weighted by atomic mass is 35.5. The lowest BCUT2D eigenvalue weighted by molar-refractivity contribution is -0.120. The van der Waals surface area contributed by atoms with E-state index in [4.69, 9.17) is 16.3 Å². The molecule has 3 aromatic rings. The summed E-state index contributed by atoms with van der Waals surface area (Å²) < 4.78 is 19.2. The summed E-state index contributed by atoms with van der Waals surface area (Å²) in [5.41, 5.74) is 3.85. The predicted octanol–water partition coefficient (Wildman–Crippen LogP) is 5.89. The Bertz CT molecular complexity index is 1290. The fourth-order valence-corrected chi connectivity index (χ4v) is 3.79. The summed E-state index contributed by atoms with van der Waals surface area (Å²) in [7, 11) is 0. The molecule has 1 aliphatic heterocycles. The number of hydrogen-bond acceptors (Lipinski definition) is 4. The highest BCUT2D eigenvalue weighted by Gasteiger charge is 2.40. The number of benzene rings is 3. The van der Waals surface area contributed by atoms with Crippen LogP contribution in [0.3, 0.4) is 0 Å². The van der Waals surface area contributed by atoms with E-state index in [-0.39, 0.29) is 22.0 Å². The molecule has 0 bridgehead atoms. The maximum absolute atomic E-state index is 13.7. The minimum atomic E-state index is -0.630. The Hall–Kier alpha value is -3.64. The van der Waals surface area contributed by atoms with Crippen molar-refractivity contribution in [3.8, 4) is 5.75 Å². The van der Waals surface area contributed by atoms with Gasteiger partial charge in [0.2, 0.25) is 0 Å². The van der Waals surface area contributed by atoms with E-state index in [0.717, 1.165) is 22.1 Å². The van der Waals surface area contributed by atoms with Gasteiger partial charge in [0.25, 0.3) is 11.8 Å². The monoisotopic (exact) mass is 464 g/mol. The lowest BCUT2D eigenvalue weighted by atomic mass is 9.99. The molecule has 0 spiro atoms. The number of ether oxygens (including phenoxy) is 1. The van der Waals surface area contributed by atoms with Gasteiger partial charge in [0.15, 0.2) is 0 Å². The first-order valence-electron chi connectivity index (χ1n) is 10.5. The molecule has 2 amide bonds. The SMILES string of the molecule is CCOc1ccc(NC2=C(c3ccc(C)c(C)c3)C(=O)N(c3ccc(F)c(Cl)c3)C2=O)cc1. The largest absolute Gasteiger partial charge is 0.494 e. The highest BCUT2D eigenvalue weighted by molar-refractivity contribution is 6.46. The van der Waals surface area contributed by atoms with Crippen molar-refractivity contribution in [2.45, 2.75) is 20.8 Å². The van der Waals surface area contributed by atoms with Crippen LogP contribution in [0.2, 0.25) is 5.02 Å². The third-order valence-electron chi connectivity index (χ3n) is 5.48. The van der Waals surface area contributed by atoms with E-state index < -0.39 is 17.6 Å². The number of nitrogens with one attached hydrogen (secondary N) is 1. The Balaban J connectivity index is 1.79.